The monoisotopic (exact) mass is 663 g/mol. The van der Waals surface area contributed by atoms with Crippen molar-refractivity contribution in [3.8, 4) is 5.75 Å². The summed E-state index contributed by atoms with van der Waals surface area (Å²) in [6, 6.07) is 15.2. The number of fused-ring (bicyclic) bond motifs is 2. The van der Waals surface area contributed by atoms with E-state index in [-0.39, 0.29) is 29.1 Å². The summed E-state index contributed by atoms with van der Waals surface area (Å²) in [6.45, 7) is 8.85. The zero-order valence-electron chi connectivity index (χ0n) is 27.6. The zero-order chi connectivity index (χ0) is 34.4. The third kappa shape index (κ3) is 6.69. The van der Waals surface area contributed by atoms with Crippen molar-refractivity contribution in [2.24, 2.45) is 0 Å². The minimum Gasteiger partial charge on any atom is -0.484 e. The van der Waals surface area contributed by atoms with Crippen LogP contribution in [0.15, 0.2) is 60.8 Å². The average Bonchev–Trinajstić information content (AvgIpc) is 3.60. The first kappa shape index (κ1) is 33.3. The molecule has 1 aliphatic carbocycles. The molecule has 3 atom stereocenters. The van der Waals surface area contributed by atoms with Crippen LogP contribution in [0.25, 0.3) is 5.65 Å². The van der Waals surface area contributed by atoms with Crippen molar-refractivity contribution < 1.29 is 27.5 Å². The van der Waals surface area contributed by atoms with Gasteiger partial charge in [-0.1, -0.05) is 45.0 Å². The number of alkyl halides is 3. The summed E-state index contributed by atoms with van der Waals surface area (Å²) in [5.74, 6) is -0.522. The van der Waals surface area contributed by atoms with E-state index in [0.717, 1.165) is 42.0 Å². The van der Waals surface area contributed by atoms with Crippen molar-refractivity contribution in [2.45, 2.75) is 82.7 Å². The molecule has 1 saturated heterocycles. The highest BCUT2D eigenvalue weighted by atomic mass is 19.4. The van der Waals surface area contributed by atoms with Crippen LogP contribution in [0.1, 0.15) is 88.0 Å². The van der Waals surface area contributed by atoms with Crippen LogP contribution >= 0.6 is 0 Å². The Bertz CT molecular complexity index is 1850. The van der Waals surface area contributed by atoms with Gasteiger partial charge in [-0.25, -0.2) is 4.79 Å². The van der Waals surface area contributed by atoms with E-state index in [9.17, 15) is 22.8 Å². The highest BCUT2D eigenvalue weighted by Gasteiger charge is 2.40. The number of pyridine rings is 1. The van der Waals surface area contributed by atoms with E-state index in [4.69, 9.17) is 4.74 Å². The first-order chi connectivity index (χ1) is 22.6. The number of hydrogen-bond donors (Lipinski definition) is 3. The van der Waals surface area contributed by atoms with Gasteiger partial charge in [0.2, 0.25) is 0 Å². The van der Waals surface area contributed by atoms with Gasteiger partial charge in [-0.05, 0) is 98.6 Å². The lowest BCUT2D eigenvalue weighted by atomic mass is 9.85. The van der Waals surface area contributed by atoms with Gasteiger partial charge in [0.1, 0.15) is 11.9 Å². The van der Waals surface area contributed by atoms with E-state index < -0.39 is 23.5 Å². The molecule has 1 aliphatic heterocycles. The predicted octanol–water partition coefficient (Wildman–Crippen LogP) is 7.25. The topological polar surface area (TPSA) is 113 Å². The molecule has 3 heterocycles. The molecule has 4 aromatic rings. The summed E-state index contributed by atoms with van der Waals surface area (Å²) < 4.78 is 47.4. The SMILES string of the molecule is CN1CCC[C@@]1(C)c1nnc2ccc(O[C@@H]3CC[C@H](NC(=O)Nc4cc(NC(=O)C(F)(F)F)cc(C(C)(C)C)c4)c4ccccc43)cn12. The van der Waals surface area contributed by atoms with E-state index in [2.05, 4.69) is 39.7 Å². The molecule has 0 spiro atoms. The third-order valence-electron chi connectivity index (χ3n) is 9.45. The van der Waals surface area contributed by atoms with Crippen molar-refractivity contribution in [3.63, 3.8) is 0 Å². The molecule has 2 aromatic carbocycles. The quantitative estimate of drug-likeness (QED) is 0.201. The van der Waals surface area contributed by atoms with Crippen molar-refractivity contribution in [3.05, 3.63) is 83.3 Å². The molecule has 0 saturated carbocycles. The van der Waals surface area contributed by atoms with E-state index in [0.29, 0.717) is 24.2 Å². The number of hydrogen-bond acceptors (Lipinski definition) is 6. The highest BCUT2D eigenvalue weighted by molar-refractivity contribution is 5.96. The minimum absolute atomic E-state index is 0.0656. The normalized spacial score (nSPS) is 21.5. The molecule has 0 radical (unpaired) electrons. The highest BCUT2D eigenvalue weighted by Crippen LogP contribution is 2.40. The van der Waals surface area contributed by atoms with Crippen LogP contribution in [0.2, 0.25) is 0 Å². The molecule has 2 aromatic heterocycles. The summed E-state index contributed by atoms with van der Waals surface area (Å²) in [5, 5.41) is 16.6. The third-order valence-corrected chi connectivity index (χ3v) is 9.45. The van der Waals surface area contributed by atoms with Gasteiger partial charge < -0.3 is 20.7 Å². The van der Waals surface area contributed by atoms with Crippen LogP contribution in [0.5, 0.6) is 5.75 Å². The molecule has 3 N–H and O–H groups in total. The fraction of sp³-hybridized carbons (Fsp3) is 0.429. The number of carbonyl (C=O) groups is 2. The second kappa shape index (κ2) is 12.4. The summed E-state index contributed by atoms with van der Waals surface area (Å²) in [6.07, 6.45) is -0.0574. The summed E-state index contributed by atoms with van der Waals surface area (Å²) in [7, 11) is 2.11. The summed E-state index contributed by atoms with van der Waals surface area (Å²) in [5.41, 5.74) is 2.76. The molecule has 1 fully saturated rings. The van der Waals surface area contributed by atoms with Gasteiger partial charge in [0.05, 0.1) is 17.8 Å². The maximum absolute atomic E-state index is 13.3. The molecule has 0 unspecified atom stereocenters. The van der Waals surface area contributed by atoms with E-state index in [1.807, 2.05) is 73.1 Å². The number of rotatable bonds is 6. The molecule has 6 rings (SSSR count). The van der Waals surface area contributed by atoms with Crippen molar-refractivity contribution in [1.82, 2.24) is 24.8 Å². The lowest BCUT2D eigenvalue weighted by Crippen LogP contribution is -2.37. The van der Waals surface area contributed by atoms with Gasteiger partial charge in [-0.2, -0.15) is 13.2 Å². The lowest BCUT2D eigenvalue weighted by molar-refractivity contribution is -0.167. The Labute approximate surface area is 277 Å². The zero-order valence-corrected chi connectivity index (χ0v) is 27.6. The van der Waals surface area contributed by atoms with Crippen LogP contribution in [0.3, 0.4) is 0 Å². The molecule has 0 bridgehead atoms. The number of anilines is 2. The van der Waals surface area contributed by atoms with Gasteiger partial charge in [0.15, 0.2) is 11.5 Å². The number of amides is 3. The first-order valence-electron chi connectivity index (χ1n) is 16.0. The Morgan fingerprint density at radius 3 is 2.33 bits per heavy atom. The number of urea groups is 1. The molecule has 2 aliphatic rings. The molecule has 10 nitrogen and oxygen atoms in total. The average molecular weight is 664 g/mol. The number of benzene rings is 2. The van der Waals surface area contributed by atoms with Crippen molar-refractivity contribution in [2.75, 3.05) is 24.2 Å². The summed E-state index contributed by atoms with van der Waals surface area (Å²) in [4.78, 5) is 27.2. The molecule has 254 valence electrons. The number of carbonyl (C=O) groups excluding carboxylic acids is 2. The standard InChI is InChI=1S/C35H40F3N7O3/c1-33(2,3)21-17-22(39-31(46)35(36,37)38)19-23(18-21)40-32(47)41-27-12-13-28(26-10-7-6-9-25(26)27)48-24-11-14-29-42-43-30(45(29)20-24)34(4)15-8-16-44(34)5/h6-7,9-11,14,17-20,27-28H,8,12-13,15-16H2,1-5H3,(H,39,46)(H2,40,41,47)/t27-,28+,34-/m0/s1. The number of likely N-dealkylation sites (tertiary alicyclic amines) is 1. The number of nitrogens with one attached hydrogen (secondary N) is 3. The Balaban J connectivity index is 1.18. The fourth-order valence-corrected chi connectivity index (χ4v) is 6.61. The maximum Gasteiger partial charge on any atom is 0.471 e. The van der Waals surface area contributed by atoms with Crippen LogP contribution < -0.4 is 20.7 Å². The second-order valence-electron chi connectivity index (χ2n) is 13.9. The van der Waals surface area contributed by atoms with Crippen LogP contribution in [-0.4, -0.2) is 51.2 Å². The first-order valence-corrected chi connectivity index (χ1v) is 16.0. The van der Waals surface area contributed by atoms with Crippen molar-refractivity contribution in [1.29, 1.82) is 0 Å². The molecular formula is C35H40F3N7O3. The van der Waals surface area contributed by atoms with Gasteiger partial charge >= 0.3 is 18.1 Å². The smallest absolute Gasteiger partial charge is 0.471 e. The van der Waals surface area contributed by atoms with E-state index >= 15 is 0 Å². The van der Waals surface area contributed by atoms with E-state index in [1.54, 1.807) is 6.07 Å². The molecule has 3 amide bonds. The Kier molecular flexibility index (Phi) is 8.61. The molecule has 48 heavy (non-hydrogen) atoms. The Morgan fingerprint density at radius 1 is 0.958 bits per heavy atom. The predicted molar refractivity (Wildman–Crippen MR) is 176 cm³/mol. The minimum atomic E-state index is -5.05. The van der Waals surface area contributed by atoms with Gasteiger partial charge in [-0.15, -0.1) is 10.2 Å². The largest absolute Gasteiger partial charge is 0.484 e. The molecule has 13 heteroatoms. The van der Waals surface area contributed by atoms with Crippen LogP contribution in [-0.2, 0) is 15.7 Å². The lowest BCUT2D eigenvalue weighted by Gasteiger charge is -2.32. The van der Waals surface area contributed by atoms with Crippen molar-refractivity contribution >= 4 is 29.0 Å². The van der Waals surface area contributed by atoms with Crippen LogP contribution in [0, 0.1) is 0 Å². The number of nitrogens with zero attached hydrogens (tertiary/aromatic N) is 4. The number of aromatic nitrogens is 3. The van der Waals surface area contributed by atoms with E-state index in [1.165, 1.54) is 12.1 Å². The van der Waals surface area contributed by atoms with Crippen LogP contribution in [0.4, 0.5) is 29.3 Å². The fourth-order valence-electron chi connectivity index (χ4n) is 6.61. The molecular weight excluding hydrogens is 623 g/mol. The summed E-state index contributed by atoms with van der Waals surface area (Å²) >= 11 is 0. The van der Waals surface area contributed by atoms with Gasteiger partial charge in [0, 0.05) is 11.4 Å². The number of halogens is 3. The van der Waals surface area contributed by atoms with Gasteiger partial charge in [-0.3, -0.25) is 14.1 Å². The Hall–Kier alpha value is -4.65. The Morgan fingerprint density at radius 2 is 1.67 bits per heavy atom. The second-order valence-corrected chi connectivity index (χ2v) is 13.9. The number of ether oxygens (including phenoxy) is 1. The van der Waals surface area contributed by atoms with Gasteiger partial charge in [0.25, 0.3) is 0 Å². The maximum atomic E-state index is 13.3.